The SMILES string of the molecule is COCOc1c(Br)cc(C(C)(C)C)cc1C1CC2CC3CCC1C(C3)C2. The van der Waals surface area contributed by atoms with Crippen molar-refractivity contribution in [2.75, 3.05) is 13.9 Å². The topological polar surface area (TPSA) is 18.5 Å². The van der Waals surface area contributed by atoms with E-state index in [1.165, 1.54) is 49.7 Å². The summed E-state index contributed by atoms with van der Waals surface area (Å²) >= 11 is 3.82. The van der Waals surface area contributed by atoms with Gasteiger partial charge in [0.2, 0.25) is 0 Å². The van der Waals surface area contributed by atoms with Crippen LogP contribution in [0.25, 0.3) is 0 Å². The lowest BCUT2D eigenvalue weighted by Gasteiger charge is -2.52. The molecule has 0 radical (unpaired) electrons. The Hall–Kier alpha value is -0.540. The molecular formula is C23H33BrO2. The Balaban J connectivity index is 1.76. The Morgan fingerprint density at radius 3 is 2.54 bits per heavy atom. The molecule has 0 spiro atoms. The highest BCUT2D eigenvalue weighted by atomic mass is 79.9. The molecule has 3 aliphatic carbocycles. The van der Waals surface area contributed by atoms with Gasteiger partial charge in [0.25, 0.3) is 0 Å². The molecule has 3 heteroatoms. The van der Waals surface area contributed by atoms with E-state index in [0.29, 0.717) is 12.7 Å². The molecule has 144 valence electrons. The Bertz CT molecular complexity index is 657. The third-order valence-electron chi connectivity index (χ3n) is 7.22. The molecule has 1 aromatic rings. The van der Waals surface area contributed by atoms with Crippen molar-refractivity contribution in [1.29, 1.82) is 0 Å². The second kappa shape index (κ2) is 7.13. The fourth-order valence-electron chi connectivity index (χ4n) is 6.07. The average Bonchev–Trinajstić information content (AvgIpc) is 2.57. The molecule has 0 heterocycles. The maximum atomic E-state index is 6.10. The Labute approximate surface area is 167 Å². The highest BCUT2D eigenvalue weighted by Crippen LogP contribution is 2.59. The largest absolute Gasteiger partial charge is 0.466 e. The van der Waals surface area contributed by atoms with E-state index in [1.54, 1.807) is 7.11 Å². The third kappa shape index (κ3) is 3.46. The first kappa shape index (κ1) is 18.8. The van der Waals surface area contributed by atoms with Crippen molar-refractivity contribution in [3.05, 3.63) is 27.7 Å². The summed E-state index contributed by atoms with van der Waals surface area (Å²) < 4.78 is 12.4. The van der Waals surface area contributed by atoms with E-state index in [-0.39, 0.29) is 5.41 Å². The number of rotatable bonds is 4. The summed E-state index contributed by atoms with van der Waals surface area (Å²) in [7, 11) is 1.70. The maximum Gasteiger partial charge on any atom is 0.188 e. The zero-order valence-corrected chi connectivity index (χ0v) is 18.3. The molecule has 0 saturated heterocycles. The van der Waals surface area contributed by atoms with Crippen LogP contribution in [0.3, 0.4) is 0 Å². The van der Waals surface area contributed by atoms with Crippen LogP contribution in [0.5, 0.6) is 5.75 Å². The van der Waals surface area contributed by atoms with Gasteiger partial charge in [-0.15, -0.1) is 0 Å². The smallest absolute Gasteiger partial charge is 0.188 e. The van der Waals surface area contributed by atoms with Gasteiger partial charge in [-0.25, -0.2) is 0 Å². The van der Waals surface area contributed by atoms with E-state index in [9.17, 15) is 0 Å². The zero-order valence-electron chi connectivity index (χ0n) is 16.7. The quantitative estimate of drug-likeness (QED) is 0.506. The molecule has 3 aliphatic rings. The lowest BCUT2D eigenvalue weighted by Crippen LogP contribution is -2.41. The van der Waals surface area contributed by atoms with E-state index >= 15 is 0 Å². The molecule has 3 fully saturated rings. The molecule has 1 aromatic carbocycles. The Morgan fingerprint density at radius 1 is 1.04 bits per heavy atom. The first-order valence-electron chi connectivity index (χ1n) is 10.3. The van der Waals surface area contributed by atoms with E-state index < -0.39 is 0 Å². The van der Waals surface area contributed by atoms with Crippen LogP contribution < -0.4 is 4.74 Å². The number of halogens is 1. The van der Waals surface area contributed by atoms with Crippen molar-refractivity contribution in [2.24, 2.45) is 23.7 Å². The van der Waals surface area contributed by atoms with E-state index in [1.807, 2.05) is 0 Å². The van der Waals surface area contributed by atoms with Gasteiger partial charge in [0.1, 0.15) is 5.75 Å². The lowest BCUT2D eigenvalue weighted by molar-refractivity contribution is 0.0121. The highest BCUT2D eigenvalue weighted by molar-refractivity contribution is 9.10. The van der Waals surface area contributed by atoms with Crippen molar-refractivity contribution in [3.8, 4) is 5.75 Å². The summed E-state index contributed by atoms with van der Waals surface area (Å²) in [6.45, 7) is 7.21. The number of fused-ring (bicyclic) bond motifs is 2. The summed E-state index contributed by atoms with van der Waals surface area (Å²) in [4.78, 5) is 0. The van der Waals surface area contributed by atoms with Crippen molar-refractivity contribution >= 4 is 15.9 Å². The highest BCUT2D eigenvalue weighted by Gasteiger charge is 2.46. The summed E-state index contributed by atoms with van der Waals surface area (Å²) in [5.41, 5.74) is 2.97. The normalized spacial score (nSPS) is 33.3. The third-order valence-corrected chi connectivity index (χ3v) is 7.80. The van der Waals surface area contributed by atoms with Crippen LogP contribution >= 0.6 is 15.9 Å². The van der Waals surface area contributed by atoms with Gasteiger partial charge in [0, 0.05) is 7.11 Å². The molecule has 0 aliphatic heterocycles. The van der Waals surface area contributed by atoms with Crippen LogP contribution in [0.15, 0.2) is 16.6 Å². The fourth-order valence-corrected chi connectivity index (χ4v) is 6.66. The number of ether oxygens (including phenoxy) is 2. The van der Waals surface area contributed by atoms with Crippen LogP contribution in [-0.2, 0) is 10.2 Å². The number of benzene rings is 1. The lowest BCUT2D eigenvalue weighted by atomic mass is 9.53. The predicted molar refractivity (Wildman–Crippen MR) is 110 cm³/mol. The van der Waals surface area contributed by atoms with Crippen molar-refractivity contribution in [3.63, 3.8) is 0 Å². The van der Waals surface area contributed by atoms with E-state index in [2.05, 4.69) is 48.8 Å². The fraction of sp³-hybridized carbons (Fsp3) is 0.739. The minimum atomic E-state index is 0.138. The molecule has 26 heavy (non-hydrogen) atoms. The second-order valence-electron chi connectivity index (χ2n) is 9.96. The zero-order chi connectivity index (χ0) is 18.5. The number of hydrogen-bond donors (Lipinski definition) is 0. The molecule has 3 bridgehead atoms. The molecule has 2 nitrogen and oxygen atoms in total. The van der Waals surface area contributed by atoms with Gasteiger partial charge < -0.3 is 9.47 Å². The number of hydrogen-bond acceptors (Lipinski definition) is 2. The van der Waals surface area contributed by atoms with Crippen LogP contribution in [0.2, 0.25) is 0 Å². The Morgan fingerprint density at radius 2 is 1.81 bits per heavy atom. The van der Waals surface area contributed by atoms with Gasteiger partial charge >= 0.3 is 0 Å². The summed E-state index contributed by atoms with van der Waals surface area (Å²) in [5.74, 6) is 5.39. The van der Waals surface area contributed by atoms with Crippen LogP contribution in [0, 0.1) is 23.7 Å². The van der Waals surface area contributed by atoms with Crippen LogP contribution in [0.4, 0.5) is 0 Å². The standard InChI is InChI=1S/C23H33BrO2/c1-23(2,3)17-11-20(22(21(24)12-17)26-13-25-4)19-10-15-7-14-5-6-18(19)16(8-14)9-15/h11-12,14-16,18-19H,5-10,13H2,1-4H3. The molecule has 0 amide bonds. The van der Waals surface area contributed by atoms with Gasteiger partial charge in [-0.3, -0.25) is 0 Å². The van der Waals surface area contributed by atoms with Gasteiger partial charge in [0.05, 0.1) is 4.47 Å². The minimum absolute atomic E-state index is 0.138. The number of methoxy groups -OCH3 is 1. The van der Waals surface area contributed by atoms with Crippen LogP contribution in [-0.4, -0.2) is 13.9 Å². The molecule has 5 unspecified atom stereocenters. The van der Waals surface area contributed by atoms with Gasteiger partial charge in [-0.1, -0.05) is 33.3 Å². The first-order valence-corrected chi connectivity index (χ1v) is 11.1. The molecular weight excluding hydrogens is 388 g/mol. The van der Waals surface area contributed by atoms with Crippen molar-refractivity contribution < 1.29 is 9.47 Å². The summed E-state index contributed by atoms with van der Waals surface area (Å²) in [6, 6.07) is 4.70. The van der Waals surface area contributed by atoms with E-state index in [0.717, 1.165) is 33.9 Å². The van der Waals surface area contributed by atoms with Crippen molar-refractivity contribution in [2.45, 2.75) is 70.6 Å². The summed E-state index contributed by atoms with van der Waals surface area (Å²) in [6.07, 6.45) is 8.63. The second-order valence-corrected chi connectivity index (χ2v) is 10.8. The van der Waals surface area contributed by atoms with Crippen LogP contribution in [0.1, 0.15) is 76.3 Å². The average molecular weight is 421 g/mol. The first-order chi connectivity index (χ1) is 12.4. The molecule has 3 saturated carbocycles. The predicted octanol–water partition coefficient (Wildman–Crippen LogP) is 6.66. The maximum absolute atomic E-state index is 6.10. The Kier molecular flexibility index (Phi) is 5.16. The van der Waals surface area contributed by atoms with Gasteiger partial charge in [-0.2, -0.15) is 0 Å². The summed E-state index contributed by atoms with van der Waals surface area (Å²) in [5, 5.41) is 0. The molecule has 4 rings (SSSR count). The molecule has 0 aromatic heterocycles. The van der Waals surface area contributed by atoms with Gasteiger partial charge in [0.15, 0.2) is 6.79 Å². The molecule has 5 atom stereocenters. The minimum Gasteiger partial charge on any atom is -0.466 e. The van der Waals surface area contributed by atoms with Crippen molar-refractivity contribution in [1.82, 2.24) is 0 Å². The monoisotopic (exact) mass is 420 g/mol. The van der Waals surface area contributed by atoms with E-state index in [4.69, 9.17) is 9.47 Å². The molecule has 0 N–H and O–H groups in total. The van der Waals surface area contributed by atoms with Gasteiger partial charge in [-0.05, 0) is 100 Å².